The first kappa shape index (κ1) is 71.3. The molecule has 0 radical (unpaired) electrons. The van der Waals surface area contributed by atoms with Gasteiger partial charge in [0.2, 0.25) is 0 Å². The molecule has 0 fully saturated rings. The average Bonchev–Trinajstić information content (AvgIpc) is 1.10. The summed E-state index contributed by atoms with van der Waals surface area (Å²) < 4.78 is 0. The first-order chi connectivity index (χ1) is 46.8. The largest absolute Gasteiger partial charge is 0.166 e. The number of hydrogen-bond donors (Lipinski definition) is 0. The molecule has 0 heterocycles. The zero-order valence-corrected chi connectivity index (χ0v) is 60.2. The van der Waals surface area contributed by atoms with Crippen molar-refractivity contribution in [1.29, 1.82) is 0 Å². The van der Waals surface area contributed by atoms with Crippen molar-refractivity contribution in [2.24, 2.45) is 0 Å². The quantitative estimate of drug-likeness (QED) is 0.0395. The smallest absolute Gasteiger partial charge is 0.0654 e. The Bertz CT molecular complexity index is 3800. The molecule has 0 aliphatic heterocycles. The number of aryl methyl sites for hydroxylation is 4. The van der Waals surface area contributed by atoms with Crippen molar-refractivity contribution in [3.05, 3.63) is 361 Å². The van der Waals surface area contributed by atoms with Crippen LogP contribution in [0.4, 0.5) is 0 Å². The Morgan fingerprint density at radius 2 is 0.400 bits per heavy atom. The van der Waals surface area contributed by atoms with Gasteiger partial charge in [0.1, 0.15) is 0 Å². The van der Waals surface area contributed by atoms with Crippen molar-refractivity contribution >= 4 is 43.6 Å². The maximum absolute atomic E-state index is 2.34. The summed E-state index contributed by atoms with van der Waals surface area (Å²) in [6.07, 6.45) is 15.9. The molecule has 4 heteroatoms. The Hall–Kier alpha value is -7.96. The maximum atomic E-state index is 2.34. The van der Waals surface area contributed by atoms with Crippen molar-refractivity contribution in [2.75, 3.05) is 0 Å². The fraction of sp³-hybridized carbons (Fsp3) is 0.209. The van der Waals surface area contributed by atoms with Gasteiger partial charge in [-0.15, -0.1) is 0 Å². The van der Waals surface area contributed by atoms with E-state index < -0.39 is 0 Å². The van der Waals surface area contributed by atoms with Gasteiger partial charge >= 0.3 is 0 Å². The minimum Gasteiger partial charge on any atom is -0.0654 e. The molecule has 0 N–H and O–H groups in total. The van der Waals surface area contributed by atoms with E-state index in [4.69, 9.17) is 0 Å². The number of rotatable bonds is 25. The summed E-state index contributed by atoms with van der Waals surface area (Å²) in [5.41, 5.74) is 6.94. The maximum Gasteiger partial charge on any atom is 0.166 e. The third kappa shape index (κ3) is 22.6. The third-order valence-electron chi connectivity index (χ3n) is 16.6. The van der Waals surface area contributed by atoms with Gasteiger partial charge in [-0.25, -0.2) is 0 Å². The fourth-order valence-corrected chi connectivity index (χ4v) is 19.6. The van der Waals surface area contributed by atoms with E-state index in [0.717, 1.165) is 0 Å². The summed E-state index contributed by atoms with van der Waals surface area (Å²) in [6.45, 7) is 13.3. The Labute approximate surface area is 583 Å². The molecule has 95 heavy (non-hydrogen) atoms. The molecule has 0 saturated heterocycles. The molecule has 0 saturated carbocycles. The van der Waals surface area contributed by atoms with Gasteiger partial charge in [0.25, 0.3) is 0 Å². The molecule has 0 atom stereocenters. The van der Waals surface area contributed by atoms with Gasteiger partial charge in [-0.3, -0.25) is 0 Å². The van der Waals surface area contributed by atoms with Crippen molar-refractivity contribution in [3.63, 3.8) is 0 Å². The van der Waals surface area contributed by atoms with Gasteiger partial charge in [-0.1, -0.05) is 278 Å². The van der Waals surface area contributed by atoms with E-state index in [1.165, 1.54) is 164 Å². The first-order valence-electron chi connectivity index (χ1n) is 34.5. The summed E-state index contributed by atoms with van der Waals surface area (Å²) in [4.78, 5) is 16.5. The lowest BCUT2D eigenvalue weighted by molar-refractivity contribution is 0.607. The van der Waals surface area contributed by atoms with Gasteiger partial charge in [-0.05, 0) is 208 Å². The highest BCUT2D eigenvalue weighted by atomic mass is 32.2. The first-order valence-corrected chi connectivity index (χ1v) is 39.4. The van der Waals surface area contributed by atoms with Crippen molar-refractivity contribution in [1.82, 2.24) is 0 Å². The second-order valence-corrected chi connectivity index (χ2v) is 32.5. The Kier molecular flexibility index (Phi) is 29.9. The zero-order chi connectivity index (χ0) is 66.1. The summed E-state index contributed by atoms with van der Waals surface area (Å²) in [5, 5.41) is 0. The molecule has 12 rings (SSSR count). The van der Waals surface area contributed by atoms with Crippen molar-refractivity contribution < 1.29 is 0 Å². The molecule has 0 aliphatic carbocycles. The van der Waals surface area contributed by atoms with Crippen LogP contribution < -0.4 is 0 Å². The molecule has 0 aliphatic rings. The highest BCUT2D eigenvalue weighted by molar-refractivity contribution is 7.98. The standard InChI is InChI=1S/C26H31S.C24H27S.C21H21S.C20H19S/c1-2-3-4-5-6-9-14-23-19-21-26(22-20-23)27(24-15-10-7-11-16-24)25-17-12-8-13-18-25;1-2-3-4-7-12-21-17-19-24(20-18-21)25(22-13-8-5-9-14-22)23-15-10-6-11-16-23;1-17(2)18-13-15-21(16-14-18)22(19-9-5-3-6-10-19)20-11-7-4-8-12-20;1-16-8-12-19(13-9-16)21(18-6-4-3-5-7-18)20-14-10-17(2)11-15-20/h7-8,10-13,15-22H,2-6,9,14H2,1H3;5-6,8-11,13-20H,2-4,7,12H2,1H3;3-17H,1-2H3;3-15H,1-2H3/q4*+1. The summed E-state index contributed by atoms with van der Waals surface area (Å²) in [7, 11) is -0.133. The van der Waals surface area contributed by atoms with Crippen LogP contribution in [0.25, 0.3) is 0 Å². The molecule has 482 valence electrons. The fourth-order valence-electron chi connectivity index (χ4n) is 11.3. The van der Waals surface area contributed by atoms with Crippen LogP contribution in [-0.4, -0.2) is 0 Å². The highest BCUT2D eigenvalue weighted by Gasteiger charge is 2.32. The van der Waals surface area contributed by atoms with E-state index in [1.54, 1.807) is 0 Å². The van der Waals surface area contributed by atoms with Gasteiger partial charge in [0.05, 0.1) is 43.6 Å². The normalized spacial score (nSPS) is 11.0. The minimum atomic E-state index is -0.0361. The van der Waals surface area contributed by atoms with Crippen LogP contribution in [0.1, 0.15) is 126 Å². The lowest BCUT2D eigenvalue weighted by Gasteiger charge is -2.09. The molecule has 0 bridgehead atoms. The van der Waals surface area contributed by atoms with E-state index in [-0.39, 0.29) is 43.6 Å². The second kappa shape index (κ2) is 39.8. The van der Waals surface area contributed by atoms with Crippen LogP contribution in [0, 0.1) is 13.8 Å². The van der Waals surface area contributed by atoms with E-state index in [1.807, 2.05) is 0 Å². The predicted molar refractivity (Wildman–Crippen MR) is 414 cm³/mol. The monoisotopic (exact) mass is 1320 g/mol. The lowest BCUT2D eigenvalue weighted by Crippen LogP contribution is -2.04. The van der Waals surface area contributed by atoms with Crippen LogP contribution in [0.3, 0.4) is 0 Å². The summed E-state index contributed by atoms with van der Waals surface area (Å²) in [5.74, 6) is 0.573. The van der Waals surface area contributed by atoms with Crippen LogP contribution in [0.2, 0.25) is 0 Å². The SMILES string of the molecule is CC(C)c1ccc([S+](c2ccccc2)c2ccccc2)cc1.CCCCCCCCc1ccc([S+](c2ccccc2)c2ccccc2)cc1.CCCCCCc1ccc([S+](c2ccccc2)c2ccccc2)cc1.Cc1ccc([S+](c2ccccc2)c2ccc(C)cc2)cc1. The molecule has 0 unspecified atom stereocenters. The van der Waals surface area contributed by atoms with Crippen LogP contribution in [0.5, 0.6) is 0 Å². The number of benzene rings is 12. The van der Waals surface area contributed by atoms with Crippen molar-refractivity contribution in [3.8, 4) is 0 Å². The van der Waals surface area contributed by atoms with Gasteiger partial charge < -0.3 is 0 Å². The molecular formula is C91H98S4+4. The van der Waals surface area contributed by atoms with E-state index in [0.29, 0.717) is 5.92 Å². The molecule has 0 spiro atoms. The van der Waals surface area contributed by atoms with Gasteiger partial charge in [0, 0.05) is 0 Å². The number of unbranched alkanes of at least 4 members (excludes halogenated alkanes) is 8. The Balaban J connectivity index is 0.000000150. The summed E-state index contributed by atoms with van der Waals surface area (Å²) >= 11 is 0. The average molecular weight is 1320 g/mol. The zero-order valence-electron chi connectivity index (χ0n) is 56.9. The van der Waals surface area contributed by atoms with Crippen LogP contribution in [0.15, 0.2) is 392 Å². The minimum absolute atomic E-state index is 0.0312. The highest BCUT2D eigenvalue weighted by Crippen LogP contribution is 2.36. The van der Waals surface area contributed by atoms with Gasteiger partial charge in [0.15, 0.2) is 58.7 Å². The van der Waals surface area contributed by atoms with Crippen LogP contribution >= 0.6 is 0 Å². The molecule has 0 nitrogen and oxygen atoms in total. The van der Waals surface area contributed by atoms with E-state index in [9.17, 15) is 0 Å². The van der Waals surface area contributed by atoms with Gasteiger partial charge in [-0.2, -0.15) is 0 Å². The molecule has 12 aromatic rings. The lowest BCUT2D eigenvalue weighted by atomic mass is 10.0. The molecule has 12 aromatic carbocycles. The molecular weight excluding hydrogens is 1220 g/mol. The Morgan fingerprint density at radius 1 is 0.211 bits per heavy atom. The molecule has 0 amide bonds. The molecule has 0 aromatic heterocycles. The van der Waals surface area contributed by atoms with E-state index in [2.05, 4.69) is 375 Å². The van der Waals surface area contributed by atoms with Crippen LogP contribution in [-0.2, 0) is 56.4 Å². The predicted octanol–water partition coefficient (Wildman–Crippen LogP) is 25.9. The Morgan fingerprint density at radius 3 is 0.632 bits per heavy atom. The summed E-state index contributed by atoms with van der Waals surface area (Å²) in [6, 6.07) is 121. The number of hydrogen-bond acceptors (Lipinski definition) is 0. The topological polar surface area (TPSA) is 0 Å². The third-order valence-corrected chi connectivity index (χ3v) is 25.5. The second-order valence-electron chi connectivity index (χ2n) is 24.4. The van der Waals surface area contributed by atoms with Crippen molar-refractivity contribution in [2.45, 2.75) is 183 Å². The van der Waals surface area contributed by atoms with E-state index >= 15 is 0 Å².